The molecule has 1 aromatic carbocycles. The van der Waals surface area contributed by atoms with Gasteiger partial charge in [0.15, 0.2) is 0 Å². The van der Waals surface area contributed by atoms with Crippen LogP contribution in [0.25, 0.3) is 5.14 Å². The average molecular weight is 224 g/mol. The van der Waals surface area contributed by atoms with Crippen LogP contribution in [0.1, 0.15) is 0 Å². The molecule has 0 unspecified atom stereocenters. The number of nitrogens with one attached hydrogen (secondary N) is 1. The number of rotatable bonds is 2. The molecule has 0 aliphatic rings. The molecule has 0 saturated heterocycles. The molecule has 1 N–H and O–H groups in total. The molecule has 0 amide bonds. The predicted octanol–water partition coefficient (Wildman–Crippen LogP) is -1.66. The van der Waals surface area contributed by atoms with Crippen LogP contribution in [-0.2, 0) is 10.0 Å². The van der Waals surface area contributed by atoms with E-state index in [0.29, 0.717) is 0 Å². The van der Waals surface area contributed by atoms with Crippen LogP contribution in [0.4, 0.5) is 5.69 Å². The average Bonchev–Trinajstić information content (AvgIpc) is 2.03. The number of hydrogen-bond donors (Lipinski definition) is 0. The largest absolute Gasteiger partial charge is 1.00 e. The summed E-state index contributed by atoms with van der Waals surface area (Å²) in [5.74, 6) is 0. The smallest absolute Gasteiger partial charge is 0.560 e. The molecule has 14 heavy (non-hydrogen) atoms. The van der Waals surface area contributed by atoms with Gasteiger partial charge in [0.2, 0.25) is 0 Å². The maximum Gasteiger partial charge on any atom is 1.00 e. The molecular weight excluding hydrogens is 219 g/mol. The van der Waals surface area contributed by atoms with Crippen molar-refractivity contribution in [3.63, 3.8) is 0 Å². The van der Waals surface area contributed by atoms with E-state index in [9.17, 15) is 18.5 Å². The van der Waals surface area contributed by atoms with Crippen molar-refractivity contribution >= 4 is 15.7 Å². The first-order valence-electron chi connectivity index (χ1n) is 3.15. The SMILES string of the molecule is [NH-]S(=O)(=O)c1cccc([N+](=O)[O-])c1.[Na+]. The molecule has 1 aromatic rings. The third-order valence-corrected chi connectivity index (χ3v) is 2.21. The summed E-state index contributed by atoms with van der Waals surface area (Å²) in [6.45, 7) is 0. The normalized spacial score (nSPS) is 10.4. The van der Waals surface area contributed by atoms with Gasteiger partial charge in [-0.25, -0.2) is 8.42 Å². The minimum absolute atomic E-state index is 0. The van der Waals surface area contributed by atoms with Gasteiger partial charge in [-0.15, -0.1) is 0 Å². The van der Waals surface area contributed by atoms with Crippen molar-refractivity contribution in [3.05, 3.63) is 39.5 Å². The number of nitro benzene ring substituents is 1. The molecular formula is C6H5N2NaO4S. The van der Waals surface area contributed by atoms with E-state index in [2.05, 4.69) is 0 Å². The molecule has 0 fully saturated rings. The van der Waals surface area contributed by atoms with Crippen LogP contribution < -0.4 is 29.6 Å². The topological polar surface area (TPSA) is 101 Å². The van der Waals surface area contributed by atoms with E-state index in [4.69, 9.17) is 5.14 Å². The Morgan fingerprint density at radius 2 is 1.93 bits per heavy atom. The van der Waals surface area contributed by atoms with Gasteiger partial charge in [0.05, 0.1) is 19.8 Å². The van der Waals surface area contributed by atoms with Gasteiger partial charge in [-0.1, -0.05) is 6.07 Å². The first-order valence-corrected chi connectivity index (χ1v) is 4.63. The molecule has 70 valence electrons. The fourth-order valence-corrected chi connectivity index (χ4v) is 1.30. The van der Waals surface area contributed by atoms with Gasteiger partial charge in [-0.3, -0.25) is 10.1 Å². The zero-order valence-electron chi connectivity index (χ0n) is 7.30. The summed E-state index contributed by atoms with van der Waals surface area (Å²) in [5, 5.41) is 16.9. The van der Waals surface area contributed by atoms with Gasteiger partial charge in [-0.2, -0.15) is 0 Å². The molecule has 8 heteroatoms. The van der Waals surface area contributed by atoms with Gasteiger partial charge in [0, 0.05) is 12.1 Å². The Balaban J connectivity index is 0.00000169. The quantitative estimate of drug-likeness (QED) is 0.341. The minimum atomic E-state index is -4.11. The zero-order chi connectivity index (χ0) is 10.1. The third-order valence-electron chi connectivity index (χ3n) is 1.34. The summed E-state index contributed by atoms with van der Waals surface area (Å²) < 4.78 is 21.3. The minimum Gasteiger partial charge on any atom is -0.560 e. The van der Waals surface area contributed by atoms with Gasteiger partial charge < -0.3 is 5.14 Å². The van der Waals surface area contributed by atoms with Crippen LogP contribution in [-0.4, -0.2) is 13.3 Å². The number of nitrogens with zero attached hydrogens (tertiary/aromatic N) is 1. The predicted molar refractivity (Wildman–Crippen MR) is 44.6 cm³/mol. The van der Waals surface area contributed by atoms with E-state index < -0.39 is 14.9 Å². The second-order valence-electron chi connectivity index (χ2n) is 2.26. The van der Waals surface area contributed by atoms with Crippen molar-refractivity contribution in [2.75, 3.05) is 0 Å². The number of benzene rings is 1. The maximum atomic E-state index is 10.7. The van der Waals surface area contributed by atoms with Crippen molar-refractivity contribution in [3.8, 4) is 0 Å². The summed E-state index contributed by atoms with van der Waals surface area (Å²) in [6, 6.07) is 4.37. The van der Waals surface area contributed by atoms with Crippen LogP contribution >= 0.6 is 0 Å². The Hall–Kier alpha value is -0.470. The van der Waals surface area contributed by atoms with Crippen LogP contribution in [0.5, 0.6) is 0 Å². The molecule has 0 aliphatic carbocycles. The van der Waals surface area contributed by atoms with E-state index in [-0.39, 0.29) is 40.1 Å². The Morgan fingerprint density at radius 3 is 2.36 bits per heavy atom. The summed E-state index contributed by atoms with van der Waals surface area (Å²) in [4.78, 5) is 9.14. The van der Waals surface area contributed by atoms with Crippen molar-refractivity contribution in [2.45, 2.75) is 4.90 Å². The molecule has 0 spiro atoms. The standard InChI is InChI=1S/C6H5N2O4S.Na/c7-13(11,12)6-3-1-2-5(4-6)8(9)10;/h1-4H,(H-,7,11,12);/q-1;+1. The third kappa shape index (κ3) is 3.35. The molecule has 6 nitrogen and oxygen atoms in total. The molecule has 0 radical (unpaired) electrons. The van der Waals surface area contributed by atoms with Gasteiger partial charge in [0.1, 0.15) is 0 Å². The molecule has 0 saturated carbocycles. The first kappa shape index (κ1) is 13.5. The fraction of sp³-hybridized carbons (Fsp3) is 0. The van der Waals surface area contributed by atoms with E-state index in [1.54, 1.807) is 0 Å². The van der Waals surface area contributed by atoms with Crippen LogP contribution in [0.15, 0.2) is 29.2 Å². The Kier molecular flexibility index (Phi) is 4.69. The van der Waals surface area contributed by atoms with E-state index in [0.717, 1.165) is 18.2 Å². The second-order valence-corrected chi connectivity index (χ2v) is 3.74. The number of nitro groups is 1. The van der Waals surface area contributed by atoms with Gasteiger partial charge in [0.25, 0.3) is 5.69 Å². The first-order chi connectivity index (χ1) is 5.91. The Bertz CT molecular complexity index is 445. The maximum absolute atomic E-state index is 10.7. The van der Waals surface area contributed by atoms with E-state index >= 15 is 0 Å². The zero-order valence-corrected chi connectivity index (χ0v) is 10.1. The summed E-state index contributed by atoms with van der Waals surface area (Å²) in [6.07, 6.45) is 0. The van der Waals surface area contributed by atoms with E-state index in [1.165, 1.54) is 6.07 Å². The van der Waals surface area contributed by atoms with Crippen molar-refractivity contribution in [2.24, 2.45) is 0 Å². The van der Waals surface area contributed by atoms with E-state index in [1.807, 2.05) is 0 Å². The summed E-state index contributed by atoms with van der Waals surface area (Å²) >= 11 is 0. The second kappa shape index (κ2) is 4.85. The number of sulfonamides is 1. The number of hydrogen-bond acceptors (Lipinski definition) is 4. The van der Waals surface area contributed by atoms with Crippen molar-refractivity contribution in [1.82, 2.24) is 0 Å². The Morgan fingerprint density at radius 1 is 1.36 bits per heavy atom. The molecule has 0 atom stereocenters. The van der Waals surface area contributed by atoms with Gasteiger partial charge in [-0.05, 0) is 6.07 Å². The molecule has 1 rings (SSSR count). The van der Waals surface area contributed by atoms with Crippen LogP contribution in [0.2, 0.25) is 0 Å². The monoisotopic (exact) mass is 224 g/mol. The van der Waals surface area contributed by atoms with Crippen molar-refractivity contribution in [1.29, 1.82) is 0 Å². The molecule has 0 heterocycles. The molecule has 0 aliphatic heterocycles. The summed E-state index contributed by atoms with van der Waals surface area (Å²) in [7, 11) is -4.11. The number of non-ortho nitro benzene ring substituents is 1. The summed E-state index contributed by atoms with van der Waals surface area (Å²) in [5.41, 5.74) is -0.340. The van der Waals surface area contributed by atoms with Gasteiger partial charge >= 0.3 is 29.6 Å². The van der Waals surface area contributed by atoms with Crippen LogP contribution in [0, 0.1) is 10.1 Å². The molecule has 0 bridgehead atoms. The fourth-order valence-electron chi connectivity index (χ4n) is 0.764. The van der Waals surface area contributed by atoms with Crippen LogP contribution in [0.3, 0.4) is 0 Å². The van der Waals surface area contributed by atoms with Crippen molar-refractivity contribution < 1.29 is 42.9 Å². The Labute approximate surface area is 103 Å². The molecule has 0 aromatic heterocycles.